The van der Waals surface area contributed by atoms with Crippen molar-refractivity contribution in [3.05, 3.63) is 57.1 Å². The molecule has 1 amide bonds. The molecule has 1 aliphatic rings. The summed E-state index contributed by atoms with van der Waals surface area (Å²) in [5, 5.41) is 14.8. The van der Waals surface area contributed by atoms with Gasteiger partial charge in [-0.1, -0.05) is 17.4 Å². The molecule has 28 heavy (non-hydrogen) atoms. The molecule has 8 heteroatoms. The maximum absolute atomic E-state index is 12.7. The zero-order valence-corrected chi connectivity index (χ0v) is 16.5. The van der Waals surface area contributed by atoms with Crippen LogP contribution in [0.1, 0.15) is 34.3 Å². The number of rotatable bonds is 4. The summed E-state index contributed by atoms with van der Waals surface area (Å²) in [5.41, 5.74) is 3.84. The standard InChI is InChI=1S/C20H20N4O3S/c1-12-9-13(2)18-17(10-12)28-20(21-18)22-19(25)14-5-6-15(16(11-14)24(26)27)23-7-3-4-8-23/h5-6,9-11H,3-4,7-8H2,1-2H3,(H,21,22,25). The number of nitro groups is 1. The van der Waals surface area contributed by atoms with E-state index in [0.717, 1.165) is 47.3 Å². The lowest BCUT2D eigenvalue weighted by Crippen LogP contribution is -2.19. The van der Waals surface area contributed by atoms with Crippen molar-refractivity contribution in [2.75, 3.05) is 23.3 Å². The van der Waals surface area contributed by atoms with Crippen LogP contribution >= 0.6 is 11.3 Å². The van der Waals surface area contributed by atoms with Gasteiger partial charge in [0.15, 0.2) is 5.13 Å². The number of anilines is 2. The molecule has 3 aromatic rings. The van der Waals surface area contributed by atoms with Gasteiger partial charge in [0, 0.05) is 24.7 Å². The van der Waals surface area contributed by atoms with Gasteiger partial charge in [0.05, 0.1) is 15.1 Å². The second kappa shape index (κ2) is 7.20. The summed E-state index contributed by atoms with van der Waals surface area (Å²) >= 11 is 1.40. The van der Waals surface area contributed by atoms with Crippen molar-refractivity contribution in [2.45, 2.75) is 26.7 Å². The minimum Gasteiger partial charge on any atom is -0.366 e. The second-order valence-electron chi connectivity index (χ2n) is 7.06. The number of fused-ring (bicyclic) bond motifs is 1. The van der Waals surface area contributed by atoms with Crippen LogP contribution in [-0.4, -0.2) is 28.9 Å². The van der Waals surface area contributed by atoms with Crippen molar-refractivity contribution in [3.63, 3.8) is 0 Å². The normalized spacial score (nSPS) is 13.9. The van der Waals surface area contributed by atoms with E-state index in [1.807, 2.05) is 30.9 Å². The number of nitrogens with zero attached hydrogens (tertiary/aromatic N) is 3. The van der Waals surface area contributed by atoms with Crippen LogP contribution in [0.3, 0.4) is 0 Å². The van der Waals surface area contributed by atoms with E-state index in [9.17, 15) is 14.9 Å². The summed E-state index contributed by atoms with van der Waals surface area (Å²) in [6, 6.07) is 8.74. The largest absolute Gasteiger partial charge is 0.366 e. The number of benzene rings is 2. The molecule has 4 rings (SSSR count). The zero-order chi connectivity index (χ0) is 19.8. The van der Waals surface area contributed by atoms with Crippen LogP contribution < -0.4 is 10.2 Å². The van der Waals surface area contributed by atoms with Gasteiger partial charge in [-0.25, -0.2) is 4.98 Å². The second-order valence-corrected chi connectivity index (χ2v) is 8.09. The van der Waals surface area contributed by atoms with Gasteiger partial charge in [0.2, 0.25) is 0 Å². The van der Waals surface area contributed by atoms with Gasteiger partial charge in [-0.05, 0) is 56.0 Å². The molecule has 0 spiro atoms. The molecule has 0 atom stereocenters. The Bertz CT molecular complexity index is 1090. The highest BCUT2D eigenvalue weighted by Gasteiger charge is 2.24. The van der Waals surface area contributed by atoms with E-state index in [1.54, 1.807) is 12.1 Å². The molecule has 0 bridgehead atoms. The van der Waals surface area contributed by atoms with Crippen molar-refractivity contribution in [3.8, 4) is 0 Å². The first-order valence-electron chi connectivity index (χ1n) is 9.15. The molecule has 1 aromatic heterocycles. The molecule has 144 valence electrons. The lowest BCUT2D eigenvalue weighted by molar-refractivity contribution is -0.384. The van der Waals surface area contributed by atoms with Crippen molar-refractivity contribution >= 4 is 44.0 Å². The van der Waals surface area contributed by atoms with E-state index in [1.165, 1.54) is 17.4 Å². The van der Waals surface area contributed by atoms with Gasteiger partial charge >= 0.3 is 0 Å². The van der Waals surface area contributed by atoms with E-state index in [4.69, 9.17) is 0 Å². The van der Waals surface area contributed by atoms with Gasteiger partial charge in [0.25, 0.3) is 11.6 Å². The molecule has 1 N–H and O–H groups in total. The average molecular weight is 396 g/mol. The fourth-order valence-corrected chi connectivity index (χ4v) is 4.67. The van der Waals surface area contributed by atoms with E-state index < -0.39 is 10.8 Å². The summed E-state index contributed by atoms with van der Waals surface area (Å²) < 4.78 is 1.00. The van der Waals surface area contributed by atoms with Gasteiger partial charge in [0.1, 0.15) is 5.69 Å². The first-order chi connectivity index (χ1) is 13.4. The van der Waals surface area contributed by atoms with Crippen LogP contribution in [0.4, 0.5) is 16.5 Å². The molecule has 0 aliphatic carbocycles. The molecule has 1 aliphatic heterocycles. The van der Waals surface area contributed by atoms with E-state index in [-0.39, 0.29) is 11.3 Å². The van der Waals surface area contributed by atoms with Crippen LogP contribution in [0.15, 0.2) is 30.3 Å². The third-order valence-electron chi connectivity index (χ3n) is 4.93. The number of nitro benzene ring substituents is 1. The number of thiazole rings is 1. The van der Waals surface area contributed by atoms with Crippen molar-refractivity contribution in [1.29, 1.82) is 0 Å². The Kier molecular flexibility index (Phi) is 4.72. The highest BCUT2D eigenvalue weighted by atomic mass is 32.1. The summed E-state index contributed by atoms with van der Waals surface area (Å²) in [7, 11) is 0. The lowest BCUT2D eigenvalue weighted by atomic mass is 10.1. The highest BCUT2D eigenvalue weighted by Crippen LogP contribution is 2.33. The van der Waals surface area contributed by atoms with Crippen molar-refractivity contribution < 1.29 is 9.72 Å². The molecule has 0 unspecified atom stereocenters. The minimum absolute atomic E-state index is 0.0367. The Labute approximate surface area is 166 Å². The predicted octanol–water partition coefficient (Wildman–Crippen LogP) is 4.67. The van der Waals surface area contributed by atoms with Gasteiger partial charge in [-0.2, -0.15) is 0 Å². The molecular formula is C20H20N4O3S. The Morgan fingerprint density at radius 1 is 1.21 bits per heavy atom. The van der Waals surface area contributed by atoms with Crippen molar-refractivity contribution in [1.82, 2.24) is 4.98 Å². The third kappa shape index (κ3) is 3.43. The quantitative estimate of drug-likeness (QED) is 0.511. The average Bonchev–Trinajstić information content (AvgIpc) is 3.30. The summed E-state index contributed by atoms with van der Waals surface area (Å²) in [4.78, 5) is 30.3. The molecule has 0 radical (unpaired) electrons. The topological polar surface area (TPSA) is 88.4 Å². The summed E-state index contributed by atoms with van der Waals surface area (Å²) in [5.74, 6) is -0.399. The first kappa shape index (κ1) is 18.4. The number of hydrogen-bond donors (Lipinski definition) is 1. The minimum atomic E-state index is -0.422. The fourth-order valence-electron chi connectivity index (χ4n) is 3.63. The van der Waals surface area contributed by atoms with Crippen LogP contribution in [0, 0.1) is 24.0 Å². The Morgan fingerprint density at radius 3 is 2.68 bits per heavy atom. The number of nitrogens with one attached hydrogen (secondary N) is 1. The SMILES string of the molecule is Cc1cc(C)c2nc(NC(=O)c3ccc(N4CCCC4)c([N+](=O)[O-])c3)sc2c1. The fraction of sp³-hybridized carbons (Fsp3) is 0.300. The molecule has 7 nitrogen and oxygen atoms in total. The van der Waals surface area contributed by atoms with Crippen LogP contribution in [0.5, 0.6) is 0 Å². The number of carbonyl (C=O) groups excluding carboxylic acids is 1. The van der Waals surface area contributed by atoms with Crippen LogP contribution in [0.2, 0.25) is 0 Å². The molecule has 0 saturated carbocycles. The molecular weight excluding hydrogens is 376 g/mol. The Balaban J connectivity index is 1.62. The van der Waals surface area contributed by atoms with Crippen LogP contribution in [-0.2, 0) is 0 Å². The van der Waals surface area contributed by atoms with Crippen molar-refractivity contribution in [2.24, 2.45) is 0 Å². The maximum atomic E-state index is 12.7. The van der Waals surface area contributed by atoms with E-state index >= 15 is 0 Å². The summed E-state index contributed by atoms with van der Waals surface area (Å²) in [6.45, 7) is 5.61. The van der Waals surface area contributed by atoms with Gasteiger partial charge in [-0.15, -0.1) is 0 Å². The van der Waals surface area contributed by atoms with E-state index in [0.29, 0.717) is 10.8 Å². The molecule has 2 heterocycles. The molecule has 2 aromatic carbocycles. The first-order valence-corrected chi connectivity index (χ1v) is 9.96. The lowest BCUT2D eigenvalue weighted by Gasteiger charge is -2.17. The van der Waals surface area contributed by atoms with Gasteiger partial charge in [-0.3, -0.25) is 20.2 Å². The number of hydrogen-bond acceptors (Lipinski definition) is 6. The number of aryl methyl sites for hydroxylation is 2. The summed E-state index contributed by atoms with van der Waals surface area (Å²) in [6.07, 6.45) is 2.05. The monoisotopic (exact) mass is 396 g/mol. The number of carbonyl (C=O) groups is 1. The molecule has 1 fully saturated rings. The number of aromatic nitrogens is 1. The van der Waals surface area contributed by atoms with Gasteiger partial charge < -0.3 is 4.90 Å². The Morgan fingerprint density at radius 2 is 1.96 bits per heavy atom. The predicted molar refractivity (Wildman–Crippen MR) is 112 cm³/mol. The highest BCUT2D eigenvalue weighted by molar-refractivity contribution is 7.22. The smallest absolute Gasteiger partial charge is 0.293 e. The van der Waals surface area contributed by atoms with Crippen LogP contribution in [0.25, 0.3) is 10.2 Å². The maximum Gasteiger partial charge on any atom is 0.293 e. The number of amides is 1. The van der Waals surface area contributed by atoms with E-state index in [2.05, 4.69) is 10.3 Å². The third-order valence-corrected chi connectivity index (χ3v) is 5.85. The Hall–Kier alpha value is -3.00. The molecule has 1 saturated heterocycles. The zero-order valence-electron chi connectivity index (χ0n) is 15.7.